The Bertz CT molecular complexity index is 1490. The highest BCUT2D eigenvalue weighted by molar-refractivity contribution is 5.81. The number of rotatable bonds is 24. The number of benzene rings is 2. The van der Waals surface area contributed by atoms with E-state index in [1.165, 1.54) is 4.90 Å². The molecule has 0 bridgehead atoms. The molecule has 0 saturated carbocycles. The van der Waals surface area contributed by atoms with Gasteiger partial charge in [-0.1, -0.05) is 48.5 Å². The fourth-order valence-corrected chi connectivity index (χ4v) is 5.75. The lowest BCUT2D eigenvalue weighted by Crippen LogP contribution is -2.45. The zero-order valence-electron chi connectivity index (χ0n) is 29.5. The number of carbonyl (C=O) groups excluding carboxylic acids is 1. The third kappa shape index (κ3) is 16.4. The maximum absolute atomic E-state index is 12.1. The lowest BCUT2D eigenvalue weighted by Gasteiger charge is -2.27. The average molecular weight is 762 g/mol. The van der Waals surface area contributed by atoms with Gasteiger partial charge in [0.1, 0.15) is 12.6 Å². The van der Waals surface area contributed by atoms with E-state index in [1.54, 1.807) is 0 Å². The molecule has 2 aromatic carbocycles. The number of nitrogens with zero attached hydrogens (tertiary/aromatic N) is 3. The van der Waals surface area contributed by atoms with Crippen LogP contribution in [0.5, 0.6) is 0 Å². The summed E-state index contributed by atoms with van der Waals surface area (Å²) in [7, 11) is 0. The molecule has 1 atom stereocenters. The standard InChI is InChI=1S/C21H24N2O4.C14H23N3O10/c22-12-6-5-11-19(20(24)25)23-21(26)27-13-18-16-9-3-1-7-14(16)15-8-2-4-10-17(15)18;18-10(19)5-15(1-3-16(6-11(20)21)7-12(22)23)2-4-17(8-13(24)25)9-14(26)27/h1-4,7-10,18-19H,5-6,11-13,22H2,(H,23,26)(H,24,25);1-9H2,(H,18,19)(H,20,21)(H,22,23)(H,24,25)(H,26,27)/t19-;/m0./s1. The summed E-state index contributed by atoms with van der Waals surface area (Å²) >= 11 is 0. The molecule has 0 spiro atoms. The molecule has 0 radical (unpaired) electrons. The molecular formula is C35H47N5O14. The number of carboxylic acids is 6. The van der Waals surface area contributed by atoms with Crippen molar-refractivity contribution in [1.82, 2.24) is 20.0 Å². The molecule has 9 N–H and O–H groups in total. The Morgan fingerprint density at radius 2 is 1.00 bits per heavy atom. The van der Waals surface area contributed by atoms with E-state index in [0.717, 1.165) is 38.5 Å². The molecule has 0 aliphatic heterocycles. The summed E-state index contributed by atoms with van der Waals surface area (Å²) < 4.78 is 5.39. The number of nitrogens with two attached hydrogens (primary N) is 1. The maximum atomic E-state index is 12.1. The Morgan fingerprint density at radius 3 is 1.39 bits per heavy atom. The van der Waals surface area contributed by atoms with E-state index in [4.69, 9.17) is 36.0 Å². The third-order valence-electron chi connectivity index (χ3n) is 8.14. The maximum Gasteiger partial charge on any atom is 0.407 e. The van der Waals surface area contributed by atoms with Crippen LogP contribution in [-0.4, -0.2) is 165 Å². The van der Waals surface area contributed by atoms with Gasteiger partial charge in [-0.25, -0.2) is 9.59 Å². The average Bonchev–Trinajstić information content (AvgIpc) is 3.40. The van der Waals surface area contributed by atoms with Gasteiger partial charge in [-0.2, -0.15) is 0 Å². The SMILES string of the molecule is NCCCC[C@H](NC(=O)OCC1c2ccccc2-c2ccccc21)C(=O)O.O=C(O)CN(CCN(CC(=O)O)CC(=O)O)CCN(CC(=O)O)CC(=O)O. The smallest absolute Gasteiger partial charge is 0.407 e. The largest absolute Gasteiger partial charge is 0.480 e. The van der Waals surface area contributed by atoms with E-state index in [2.05, 4.69) is 17.4 Å². The third-order valence-corrected chi connectivity index (χ3v) is 8.14. The number of carbonyl (C=O) groups is 7. The fraction of sp³-hybridized carbons (Fsp3) is 0.457. The quantitative estimate of drug-likeness (QED) is 0.0672. The van der Waals surface area contributed by atoms with Crippen LogP contribution >= 0.6 is 0 Å². The molecule has 0 saturated heterocycles. The summed E-state index contributed by atoms with van der Waals surface area (Å²) in [5.74, 6) is -7.28. The van der Waals surface area contributed by atoms with Crippen LogP contribution in [-0.2, 0) is 33.5 Å². The first-order valence-corrected chi connectivity index (χ1v) is 16.9. The number of hydrogen-bond donors (Lipinski definition) is 8. The van der Waals surface area contributed by atoms with Crippen molar-refractivity contribution in [1.29, 1.82) is 0 Å². The van der Waals surface area contributed by atoms with Gasteiger partial charge in [0, 0.05) is 32.1 Å². The van der Waals surface area contributed by atoms with Crippen LogP contribution in [0.4, 0.5) is 4.79 Å². The van der Waals surface area contributed by atoms with E-state index in [-0.39, 0.29) is 38.7 Å². The van der Waals surface area contributed by atoms with Crippen molar-refractivity contribution < 1.29 is 68.9 Å². The molecule has 0 heterocycles. The van der Waals surface area contributed by atoms with Gasteiger partial charge >= 0.3 is 41.9 Å². The fourth-order valence-electron chi connectivity index (χ4n) is 5.75. The highest BCUT2D eigenvalue weighted by atomic mass is 16.5. The van der Waals surface area contributed by atoms with Crippen molar-refractivity contribution in [2.75, 3.05) is 72.1 Å². The van der Waals surface area contributed by atoms with Crippen molar-refractivity contribution in [3.05, 3.63) is 59.7 Å². The van der Waals surface area contributed by atoms with Crippen molar-refractivity contribution in [3.63, 3.8) is 0 Å². The van der Waals surface area contributed by atoms with Crippen LogP contribution in [0.3, 0.4) is 0 Å². The Morgan fingerprint density at radius 1 is 0.611 bits per heavy atom. The highest BCUT2D eigenvalue weighted by Gasteiger charge is 2.30. The lowest BCUT2D eigenvalue weighted by molar-refractivity contribution is -0.143. The number of unbranched alkanes of at least 4 members (excludes halogenated alkanes) is 1. The van der Waals surface area contributed by atoms with E-state index >= 15 is 0 Å². The predicted octanol–water partition coefficient (Wildman–Crippen LogP) is 0.423. The second-order valence-corrected chi connectivity index (χ2v) is 12.3. The van der Waals surface area contributed by atoms with Crippen LogP contribution in [0.15, 0.2) is 48.5 Å². The summed E-state index contributed by atoms with van der Waals surface area (Å²) in [6, 6.07) is 15.1. The molecule has 1 amide bonds. The van der Waals surface area contributed by atoms with Gasteiger partial charge in [-0.3, -0.25) is 38.7 Å². The number of alkyl carbamates (subject to hydrolysis) is 1. The molecular weight excluding hydrogens is 714 g/mol. The van der Waals surface area contributed by atoms with E-state index in [1.807, 2.05) is 36.4 Å². The molecule has 1 aliphatic carbocycles. The van der Waals surface area contributed by atoms with Gasteiger partial charge in [0.15, 0.2) is 0 Å². The monoisotopic (exact) mass is 761 g/mol. The topological polar surface area (TPSA) is 298 Å². The van der Waals surface area contributed by atoms with Crippen molar-refractivity contribution in [3.8, 4) is 11.1 Å². The molecule has 2 aromatic rings. The van der Waals surface area contributed by atoms with Crippen molar-refractivity contribution in [2.24, 2.45) is 5.73 Å². The zero-order valence-corrected chi connectivity index (χ0v) is 29.5. The number of amides is 1. The van der Waals surface area contributed by atoms with Crippen LogP contribution in [0.1, 0.15) is 36.3 Å². The first-order valence-electron chi connectivity index (χ1n) is 16.9. The number of aliphatic carboxylic acids is 6. The summed E-state index contributed by atoms with van der Waals surface area (Å²) in [6.45, 7) is -2.08. The molecule has 19 heteroatoms. The second-order valence-electron chi connectivity index (χ2n) is 12.3. The summed E-state index contributed by atoms with van der Waals surface area (Å²) in [5.41, 5.74) is 9.95. The minimum atomic E-state index is -1.24. The Labute approximate surface area is 310 Å². The Kier molecular flexibility index (Phi) is 19.1. The van der Waals surface area contributed by atoms with Gasteiger partial charge < -0.3 is 46.4 Å². The normalized spacial score (nSPS) is 12.3. The van der Waals surface area contributed by atoms with E-state index in [9.17, 15) is 38.7 Å². The summed E-state index contributed by atoms with van der Waals surface area (Å²) in [5, 5.41) is 55.8. The Balaban J connectivity index is 0.000000373. The predicted molar refractivity (Wildman–Crippen MR) is 190 cm³/mol. The molecule has 0 aromatic heterocycles. The summed E-state index contributed by atoms with van der Waals surface area (Å²) in [4.78, 5) is 81.1. The zero-order chi connectivity index (χ0) is 40.2. The minimum Gasteiger partial charge on any atom is -0.480 e. The minimum absolute atomic E-state index is 0.000836. The van der Waals surface area contributed by atoms with Gasteiger partial charge in [-0.05, 0) is 48.1 Å². The molecule has 54 heavy (non-hydrogen) atoms. The second kappa shape index (κ2) is 23.1. The van der Waals surface area contributed by atoms with Gasteiger partial charge in [0.25, 0.3) is 0 Å². The summed E-state index contributed by atoms with van der Waals surface area (Å²) in [6.07, 6.45) is 0.973. The van der Waals surface area contributed by atoms with Crippen LogP contribution in [0.2, 0.25) is 0 Å². The number of ether oxygens (including phenoxy) is 1. The number of fused-ring (bicyclic) bond motifs is 3. The number of nitrogens with one attached hydrogen (secondary N) is 1. The molecule has 296 valence electrons. The van der Waals surface area contributed by atoms with Gasteiger partial charge in [0.2, 0.25) is 0 Å². The van der Waals surface area contributed by atoms with Gasteiger partial charge in [-0.15, -0.1) is 0 Å². The van der Waals surface area contributed by atoms with E-state index in [0.29, 0.717) is 19.4 Å². The van der Waals surface area contributed by atoms with Crippen molar-refractivity contribution >= 4 is 41.9 Å². The first kappa shape index (κ1) is 44.5. The number of carboxylic acid groups (broad SMARTS) is 6. The van der Waals surface area contributed by atoms with Crippen LogP contribution in [0.25, 0.3) is 11.1 Å². The van der Waals surface area contributed by atoms with Crippen LogP contribution in [0, 0.1) is 0 Å². The van der Waals surface area contributed by atoms with Crippen molar-refractivity contribution in [2.45, 2.75) is 31.2 Å². The molecule has 3 rings (SSSR count). The highest BCUT2D eigenvalue weighted by Crippen LogP contribution is 2.44. The molecule has 19 nitrogen and oxygen atoms in total. The first-order chi connectivity index (χ1) is 25.6. The van der Waals surface area contributed by atoms with Gasteiger partial charge in [0.05, 0.1) is 32.7 Å². The lowest BCUT2D eigenvalue weighted by atomic mass is 9.98. The Hall–Kier alpha value is -5.63. The number of hydrogen-bond acceptors (Lipinski definition) is 12. The van der Waals surface area contributed by atoms with E-state index < -0.39 is 80.7 Å². The van der Waals surface area contributed by atoms with Crippen LogP contribution < -0.4 is 11.1 Å². The molecule has 1 aliphatic rings. The molecule has 0 fully saturated rings. The molecule has 0 unspecified atom stereocenters.